The van der Waals surface area contributed by atoms with E-state index in [-0.39, 0.29) is 17.7 Å². The van der Waals surface area contributed by atoms with E-state index in [1.165, 1.54) is 0 Å². The Morgan fingerprint density at radius 3 is 2.41 bits per heavy atom. The number of carboxylic acid groups (broad SMARTS) is 1. The maximum absolute atomic E-state index is 12.5. The summed E-state index contributed by atoms with van der Waals surface area (Å²) in [6, 6.07) is 8.58. The van der Waals surface area contributed by atoms with E-state index in [1.807, 2.05) is 6.07 Å². The Hall–Kier alpha value is -3.09. The molecule has 7 heteroatoms. The number of likely N-dealkylation sites (tertiary alicyclic amines) is 1. The van der Waals surface area contributed by atoms with Gasteiger partial charge in [-0.1, -0.05) is 0 Å². The molecule has 3 rings (SSSR count). The van der Waals surface area contributed by atoms with E-state index in [4.69, 9.17) is 9.52 Å². The molecule has 1 aromatic heterocycles. The number of hydrogen-bond acceptors (Lipinski definition) is 4. The summed E-state index contributed by atoms with van der Waals surface area (Å²) in [6.07, 6.45) is 5.10. The third kappa shape index (κ3) is 4.97. The minimum atomic E-state index is -0.796. The van der Waals surface area contributed by atoms with Crippen LogP contribution in [0.15, 0.2) is 47.3 Å². The second-order valence-corrected chi connectivity index (χ2v) is 6.66. The lowest BCUT2D eigenvalue weighted by Crippen LogP contribution is -2.40. The summed E-state index contributed by atoms with van der Waals surface area (Å²) in [7, 11) is 0. The molecule has 2 aromatic rings. The highest BCUT2D eigenvalue weighted by molar-refractivity contribution is 5.96. The number of nitrogens with one attached hydrogen (secondary N) is 1. The summed E-state index contributed by atoms with van der Waals surface area (Å²) in [4.78, 5) is 37.2. The summed E-state index contributed by atoms with van der Waals surface area (Å²) in [5, 5.41) is 11.8. The van der Waals surface area contributed by atoms with E-state index in [0.717, 1.165) is 5.56 Å². The molecule has 7 nitrogen and oxygen atoms in total. The number of benzene rings is 1. The van der Waals surface area contributed by atoms with Gasteiger partial charge in [-0.15, -0.1) is 0 Å². The van der Waals surface area contributed by atoms with Crippen molar-refractivity contribution in [3.05, 3.63) is 54.0 Å². The van der Waals surface area contributed by atoms with Crippen molar-refractivity contribution in [2.45, 2.75) is 25.7 Å². The number of aryl methyl sites for hydroxylation is 1. The fraction of sp³-hybridized carbons (Fsp3) is 0.350. The molecule has 1 fully saturated rings. The average Bonchev–Trinajstić information content (AvgIpc) is 3.20. The largest absolute Gasteiger partial charge is 0.481 e. The predicted molar refractivity (Wildman–Crippen MR) is 98.4 cm³/mol. The van der Waals surface area contributed by atoms with Crippen molar-refractivity contribution >= 4 is 23.5 Å². The van der Waals surface area contributed by atoms with Gasteiger partial charge in [0.2, 0.25) is 5.91 Å². The number of hydrogen-bond donors (Lipinski definition) is 2. The molecule has 1 saturated heterocycles. The molecule has 142 valence electrons. The lowest BCUT2D eigenvalue weighted by atomic mass is 9.96. The van der Waals surface area contributed by atoms with Crippen LogP contribution in [0.4, 0.5) is 5.69 Å². The van der Waals surface area contributed by atoms with Crippen LogP contribution in [-0.4, -0.2) is 40.9 Å². The first-order valence-electron chi connectivity index (χ1n) is 8.96. The summed E-state index contributed by atoms with van der Waals surface area (Å²) >= 11 is 0. The molecule has 1 aliphatic rings. The zero-order valence-corrected chi connectivity index (χ0v) is 14.9. The fourth-order valence-corrected chi connectivity index (χ4v) is 3.12. The van der Waals surface area contributed by atoms with E-state index in [9.17, 15) is 14.4 Å². The van der Waals surface area contributed by atoms with Crippen molar-refractivity contribution in [3.8, 4) is 0 Å². The van der Waals surface area contributed by atoms with Gasteiger partial charge in [0.05, 0.1) is 18.4 Å². The van der Waals surface area contributed by atoms with Crippen LogP contribution in [0.3, 0.4) is 0 Å². The molecule has 0 aliphatic carbocycles. The van der Waals surface area contributed by atoms with Crippen LogP contribution in [-0.2, 0) is 16.0 Å². The number of nitrogens with zero attached hydrogens (tertiary/aromatic N) is 1. The second-order valence-electron chi connectivity index (χ2n) is 6.66. The van der Waals surface area contributed by atoms with Crippen LogP contribution in [0.2, 0.25) is 0 Å². The van der Waals surface area contributed by atoms with Crippen LogP contribution in [0, 0.1) is 5.92 Å². The summed E-state index contributed by atoms with van der Waals surface area (Å²) < 4.78 is 4.97. The lowest BCUT2D eigenvalue weighted by molar-refractivity contribution is -0.143. The fourth-order valence-electron chi connectivity index (χ4n) is 3.12. The van der Waals surface area contributed by atoms with Gasteiger partial charge in [0.15, 0.2) is 0 Å². The number of carbonyl (C=O) groups is 3. The van der Waals surface area contributed by atoms with Gasteiger partial charge < -0.3 is 19.7 Å². The Bertz CT molecular complexity index is 790. The third-order valence-electron chi connectivity index (χ3n) is 4.77. The second kappa shape index (κ2) is 8.53. The zero-order chi connectivity index (χ0) is 19.2. The zero-order valence-electron chi connectivity index (χ0n) is 14.9. The van der Waals surface area contributed by atoms with E-state index >= 15 is 0 Å². The first kappa shape index (κ1) is 18.7. The Labute approximate surface area is 157 Å². The summed E-state index contributed by atoms with van der Waals surface area (Å²) in [6.45, 7) is 0.893. The van der Waals surface area contributed by atoms with Crippen molar-refractivity contribution < 1.29 is 23.9 Å². The Balaban J connectivity index is 1.50. The van der Waals surface area contributed by atoms with Crippen molar-refractivity contribution in [1.29, 1.82) is 0 Å². The highest BCUT2D eigenvalue weighted by atomic mass is 16.4. The minimum Gasteiger partial charge on any atom is -0.481 e. The molecular weight excluding hydrogens is 348 g/mol. The van der Waals surface area contributed by atoms with E-state index in [1.54, 1.807) is 41.7 Å². The smallest absolute Gasteiger partial charge is 0.306 e. The predicted octanol–water partition coefficient (Wildman–Crippen LogP) is 2.79. The monoisotopic (exact) mass is 370 g/mol. The van der Waals surface area contributed by atoms with E-state index < -0.39 is 5.97 Å². The first-order valence-corrected chi connectivity index (χ1v) is 8.96. The average molecular weight is 370 g/mol. The number of anilines is 1. The standard InChI is InChI=1S/C20H22N2O5/c23-18(6-1-14-9-12-27-13-14)21-17-4-2-15(3-5-17)19(24)22-10-7-16(8-11-22)20(25)26/h2-5,9,12-13,16H,1,6-8,10-11H2,(H,21,23)(H,25,26). The molecule has 1 aromatic carbocycles. The van der Waals surface area contributed by atoms with Crippen LogP contribution in [0.5, 0.6) is 0 Å². The number of aliphatic carboxylic acids is 1. The van der Waals surface area contributed by atoms with Crippen LogP contribution in [0.25, 0.3) is 0 Å². The maximum Gasteiger partial charge on any atom is 0.306 e. The van der Waals surface area contributed by atoms with Crippen LogP contribution >= 0.6 is 0 Å². The number of carbonyl (C=O) groups excluding carboxylic acids is 2. The molecule has 0 radical (unpaired) electrons. The van der Waals surface area contributed by atoms with Gasteiger partial charge in [-0.25, -0.2) is 0 Å². The van der Waals surface area contributed by atoms with Gasteiger partial charge in [-0.05, 0) is 55.2 Å². The number of furan rings is 1. The maximum atomic E-state index is 12.5. The molecule has 0 saturated carbocycles. The highest BCUT2D eigenvalue weighted by Crippen LogP contribution is 2.20. The number of rotatable bonds is 6. The van der Waals surface area contributed by atoms with Gasteiger partial charge >= 0.3 is 5.97 Å². The minimum absolute atomic E-state index is 0.106. The third-order valence-corrected chi connectivity index (χ3v) is 4.77. The van der Waals surface area contributed by atoms with Crippen molar-refractivity contribution in [2.75, 3.05) is 18.4 Å². The van der Waals surface area contributed by atoms with E-state index in [0.29, 0.717) is 50.0 Å². The molecular formula is C20H22N2O5. The molecule has 0 bridgehead atoms. The first-order chi connectivity index (χ1) is 13.0. The summed E-state index contributed by atoms with van der Waals surface area (Å²) in [5.74, 6) is -1.38. The normalized spacial score (nSPS) is 14.7. The molecule has 27 heavy (non-hydrogen) atoms. The quantitative estimate of drug-likeness (QED) is 0.814. The Kier molecular flexibility index (Phi) is 5.90. The molecule has 1 aliphatic heterocycles. The Morgan fingerprint density at radius 1 is 1.11 bits per heavy atom. The number of amides is 2. The highest BCUT2D eigenvalue weighted by Gasteiger charge is 2.27. The van der Waals surface area contributed by atoms with Crippen LogP contribution in [0.1, 0.15) is 35.2 Å². The van der Waals surface area contributed by atoms with E-state index in [2.05, 4.69) is 5.32 Å². The van der Waals surface area contributed by atoms with Gasteiger partial charge in [0, 0.05) is 30.8 Å². The molecule has 2 heterocycles. The SMILES string of the molecule is O=C(CCc1ccoc1)Nc1ccc(C(=O)N2CCC(C(=O)O)CC2)cc1. The van der Waals surface area contributed by atoms with Gasteiger partial charge in [0.25, 0.3) is 5.91 Å². The molecule has 0 spiro atoms. The number of piperidine rings is 1. The molecule has 2 N–H and O–H groups in total. The summed E-state index contributed by atoms with van der Waals surface area (Å²) in [5.41, 5.74) is 2.13. The van der Waals surface area contributed by atoms with Crippen molar-refractivity contribution in [3.63, 3.8) is 0 Å². The van der Waals surface area contributed by atoms with Crippen molar-refractivity contribution in [1.82, 2.24) is 4.90 Å². The molecule has 0 atom stereocenters. The topological polar surface area (TPSA) is 99.9 Å². The van der Waals surface area contributed by atoms with Crippen molar-refractivity contribution in [2.24, 2.45) is 5.92 Å². The van der Waals surface area contributed by atoms with Gasteiger partial charge in [-0.3, -0.25) is 14.4 Å². The van der Waals surface area contributed by atoms with Gasteiger partial charge in [0.1, 0.15) is 0 Å². The Morgan fingerprint density at radius 2 is 1.81 bits per heavy atom. The van der Waals surface area contributed by atoms with Crippen LogP contribution < -0.4 is 5.32 Å². The van der Waals surface area contributed by atoms with Gasteiger partial charge in [-0.2, -0.15) is 0 Å². The molecule has 2 amide bonds. The molecule has 0 unspecified atom stereocenters. The lowest BCUT2D eigenvalue weighted by Gasteiger charge is -2.30. The number of carboxylic acids is 1.